The number of carboxylic acid groups (broad SMARTS) is 1. The van der Waals surface area contributed by atoms with E-state index in [0.717, 1.165) is 28.0 Å². The molecule has 1 aliphatic heterocycles. The number of carbonyl (C=O) groups is 2. The lowest BCUT2D eigenvalue weighted by Crippen LogP contribution is -2.56. The highest BCUT2D eigenvalue weighted by Crippen LogP contribution is 2.39. The molecule has 0 saturated carbocycles. The minimum absolute atomic E-state index is 0.202. The van der Waals surface area contributed by atoms with E-state index in [0.29, 0.717) is 16.0 Å². The van der Waals surface area contributed by atoms with E-state index in [9.17, 15) is 23.2 Å². The Kier molecular flexibility index (Phi) is 5.37. The van der Waals surface area contributed by atoms with Gasteiger partial charge in [0, 0.05) is 30.1 Å². The number of rotatable bonds is 5. The Hall–Kier alpha value is -4.05. The lowest BCUT2D eigenvalue weighted by Gasteiger charge is -2.37. The molecule has 1 aliphatic rings. The molecule has 0 unspecified atom stereocenters. The molecule has 0 radical (unpaired) electrons. The van der Waals surface area contributed by atoms with E-state index >= 15 is 0 Å². The van der Waals surface area contributed by atoms with Crippen molar-refractivity contribution in [2.75, 3.05) is 18.4 Å². The van der Waals surface area contributed by atoms with E-state index in [1.54, 1.807) is 30.3 Å². The molecule has 3 heterocycles. The third-order valence-electron chi connectivity index (χ3n) is 5.65. The molecule has 0 aliphatic carbocycles. The average Bonchev–Trinajstić information content (AvgIpc) is 3.15. The van der Waals surface area contributed by atoms with Gasteiger partial charge in [-0.25, -0.2) is 13.6 Å². The molecule has 172 valence electrons. The Balaban J connectivity index is 1.71. The maximum atomic E-state index is 14.6. The van der Waals surface area contributed by atoms with Crippen LogP contribution in [0.3, 0.4) is 0 Å². The summed E-state index contributed by atoms with van der Waals surface area (Å²) in [7, 11) is 0. The first-order valence-corrected chi connectivity index (χ1v) is 11.1. The van der Waals surface area contributed by atoms with Gasteiger partial charge in [0.2, 0.25) is 0 Å². The Labute approximate surface area is 195 Å². The maximum absolute atomic E-state index is 14.6. The smallest absolute Gasteiger partial charge is 0.407 e. The van der Waals surface area contributed by atoms with Crippen molar-refractivity contribution in [1.82, 2.24) is 9.47 Å². The van der Waals surface area contributed by atoms with Crippen LogP contribution in [0.2, 0.25) is 0 Å². The van der Waals surface area contributed by atoms with Gasteiger partial charge in [-0.15, -0.1) is 0 Å². The number of likely N-dealkylation sites (tertiary alicyclic amines) is 1. The van der Waals surface area contributed by atoms with Crippen LogP contribution < -0.4 is 10.9 Å². The van der Waals surface area contributed by atoms with Crippen LogP contribution in [-0.4, -0.2) is 45.6 Å². The molecule has 1 saturated heterocycles. The number of ketones is 1. The van der Waals surface area contributed by atoms with Crippen LogP contribution in [0.4, 0.5) is 18.6 Å². The first-order valence-electron chi connectivity index (χ1n) is 10.3. The van der Waals surface area contributed by atoms with Gasteiger partial charge in [-0.1, -0.05) is 47.7 Å². The van der Waals surface area contributed by atoms with E-state index in [2.05, 4.69) is 5.32 Å². The van der Waals surface area contributed by atoms with E-state index in [1.807, 2.05) is 0 Å². The number of anilines is 1. The van der Waals surface area contributed by atoms with Gasteiger partial charge in [0.25, 0.3) is 5.56 Å². The van der Waals surface area contributed by atoms with E-state index in [4.69, 9.17) is 5.11 Å². The Morgan fingerprint density at radius 3 is 2.29 bits per heavy atom. The zero-order valence-electron chi connectivity index (χ0n) is 17.5. The zero-order valence-corrected chi connectivity index (χ0v) is 18.3. The molecule has 34 heavy (non-hydrogen) atoms. The summed E-state index contributed by atoms with van der Waals surface area (Å²) in [5.74, 6) is -2.16. The summed E-state index contributed by atoms with van der Waals surface area (Å²) in [5.41, 5.74) is -0.514. The number of carbonyl (C=O) groups excluding carboxylic acids is 1. The highest BCUT2D eigenvalue weighted by atomic mass is 32.1. The third kappa shape index (κ3) is 3.61. The highest BCUT2D eigenvalue weighted by Gasteiger charge is 2.33. The molecule has 2 N–H and O–H groups in total. The monoisotopic (exact) mass is 481 g/mol. The minimum atomic E-state index is -1.04. The number of nitrogens with one attached hydrogen (secondary N) is 1. The maximum Gasteiger partial charge on any atom is 0.407 e. The van der Waals surface area contributed by atoms with Crippen molar-refractivity contribution in [3.05, 3.63) is 93.8 Å². The second-order valence-electron chi connectivity index (χ2n) is 7.83. The normalized spacial score (nSPS) is 13.6. The second-order valence-corrected chi connectivity index (χ2v) is 8.83. The molecule has 5 rings (SSSR count). The van der Waals surface area contributed by atoms with Crippen molar-refractivity contribution in [2.45, 2.75) is 6.04 Å². The lowest BCUT2D eigenvalue weighted by molar-refractivity contribution is 0.103. The summed E-state index contributed by atoms with van der Waals surface area (Å²) < 4.78 is 30.2. The largest absolute Gasteiger partial charge is 0.465 e. The van der Waals surface area contributed by atoms with Crippen LogP contribution in [0.15, 0.2) is 65.5 Å². The molecule has 2 aromatic carbocycles. The Bertz CT molecular complexity index is 1470. The topological polar surface area (TPSA) is 91.6 Å². The summed E-state index contributed by atoms with van der Waals surface area (Å²) in [6, 6.07) is 14.2. The van der Waals surface area contributed by atoms with Crippen LogP contribution in [0.25, 0.3) is 15.9 Å². The number of hydrogen-bond donors (Lipinski definition) is 2. The molecule has 1 fully saturated rings. The summed E-state index contributed by atoms with van der Waals surface area (Å²) in [6.07, 6.45) is -1.04. The third-order valence-corrected chi connectivity index (χ3v) is 6.78. The van der Waals surface area contributed by atoms with Gasteiger partial charge in [0.15, 0.2) is 5.78 Å². The molecule has 7 nitrogen and oxygen atoms in total. The summed E-state index contributed by atoms with van der Waals surface area (Å²) in [6.45, 7) is 0.439. The van der Waals surface area contributed by atoms with Crippen molar-refractivity contribution in [3.8, 4) is 5.69 Å². The fourth-order valence-electron chi connectivity index (χ4n) is 3.97. The van der Waals surface area contributed by atoms with Crippen LogP contribution in [0, 0.1) is 11.6 Å². The van der Waals surface area contributed by atoms with Gasteiger partial charge in [0.1, 0.15) is 27.2 Å². The molecule has 0 bridgehead atoms. The van der Waals surface area contributed by atoms with Crippen molar-refractivity contribution >= 4 is 38.4 Å². The van der Waals surface area contributed by atoms with E-state index < -0.39 is 29.0 Å². The molecular weight excluding hydrogens is 464 g/mol. The van der Waals surface area contributed by atoms with Gasteiger partial charge in [0.05, 0.1) is 11.6 Å². The van der Waals surface area contributed by atoms with Gasteiger partial charge in [-0.3, -0.25) is 14.2 Å². The standard InChI is InChI=1S/C24H17F2N3O4S/c25-16-7-4-8-17(26)20(16)29-18(30)10-9-15-19(21(31)13-5-2-1-3-6-13)22(34-23(15)29)27-14-11-28(12-14)24(32)33/h1-10,14,27H,11-12H2,(H,32,33). The molecule has 0 spiro atoms. The number of para-hydroxylation sites is 1. The Morgan fingerprint density at radius 2 is 1.65 bits per heavy atom. The van der Waals surface area contributed by atoms with E-state index in [-0.39, 0.29) is 35.3 Å². The van der Waals surface area contributed by atoms with Crippen molar-refractivity contribution < 1.29 is 23.5 Å². The number of amides is 1. The van der Waals surface area contributed by atoms with Crippen LogP contribution >= 0.6 is 11.3 Å². The lowest BCUT2D eigenvalue weighted by atomic mass is 10.0. The average molecular weight is 481 g/mol. The quantitative estimate of drug-likeness (QED) is 0.414. The number of fused-ring (bicyclic) bond motifs is 1. The van der Waals surface area contributed by atoms with Crippen molar-refractivity contribution in [2.24, 2.45) is 0 Å². The van der Waals surface area contributed by atoms with Crippen molar-refractivity contribution in [1.29, 1.82) is 0 Å². The van der Waals surface area contributed by atoms with Crippen molar-refractivity contribution in [3.63, 3.8) is 0 Å². The summed E-state index contributed by atoms with van der Waals surface area (Å²) in [5, 5.41) is 13.1. The first-order chi connectivity index (χ1) is 16.3. The SMILES string of the molecule is O=C(c1ccccc1)c1c(NC2CN(C(=O)O)C2)sc2c1ccc(=O)n2-c1c(F)cccc1F. The minimum Gasteiger partial charge on any atom is -0.465 e. The molecule has 10 heteroatoms. The molecule has 1 amide bonds. The number of nitrogens with zero attached hydrogens (tertiary/aromatic N) is 2. The fourth-order valence-corrected chi connectivity index (χ4v) is 5.24. The van der Waals surface area contributed by atoms with Gasteiger partial charge in [-0.2, -0.15) is 0 Å². The van der Waals surface area contributed by atoms with Gasteiger partial charge >= 0.3 is 6.09 Å². The number of halogens is 2. The predicted molar refractivity (Wildman–Crippen MR) is 124 cm³/mol. The second kappa shape index (κ2) is 8.38. The molecule has 0 atom stereocenters. The number of hydrogen-bond acceptors (Lipinski definition) is 5. The van der Waals surface area contributed by atoms with Crippen LogP contribution in [0.1, 0.15) is 15.9 Å². The van der Waals surface area contributed by atoms with Gasteiger partial charge < -0.3 is 15.3 Å². The first kappa shape index (κ1) is 21.8. The Morgan fingerprint density at radius 1 is 0.971 bits per heavy atom. The van der Waals surface area contributed by atoms with Crippen LogP contribution in [-0.2, 0) is 0 Å². The molecule has 4 aromatic rings. The summed E-state index contributed by atoms with van der Waals surface area (Å²) >= 11 is 1.02. The van der Waals surface area contributed by atoms with Crippen LogP contribution in [0.5, 0.6) is 0 Å². The zero-order chi connectivity index (χ0) is 24.0. The molecule has 2 aromatic heterocycles. The number of pyridine rings is 1. The predicted octanol–water partition coefficient (Wildman–Crippen LogP) is 4.34. The molecular formula is C24H17F2N3O4S. The summed E-state index contributed by atoms with van der Waals surface area (Å²) in [4.78, 5) is 38.8. The van der Waals surface area contributed by atoms with Gasteiger partial charge in [-0.05, 0) is 18.2 Å². The number of benzene rings is 2. The number of thiophene rings is 1. The van der Waals surface area contributed by atoms with E-state index in [1.165, 1.54) is 23.1 Å². The number of aromatic nitrogens is 1. The highest BCUT2D eigenvalue weighted by molar-refractivity contribution is 7.23. The fraction of sp³-hybridized carbons (Fsp3) is 0.125.